The minimum absolute atomic E-state index is 0.0655. The van der Waals surface area contributed by atoms with Crippen molar-refractivity contribution < 1.29 is 9.47 Å². The van der Waals surface area contributed by atoms with Crippen molar-refractivity contribution in [2.75, 3.05) is 20.3 Å². The average Bonchev–Trinajstić information content (AvgIpc) is 2.91. The molecule has 21 heavy (non-hydrogen) atoms. The van der Waals surface area contributed by atoms with Crippen LogP contribution < -0.4 is 10.1 Å². The minimum atomic E-state index is -0.0655. The smallest absolute Gasteiger partial charge is 0.122 e. The van der Waals surface area contributed by atoms with E-state index in [1.54, 1.807) is 7.11 Å². The van der Waals surface area contributed by atoms with Crippen molar-refractivity contribution in [1.29, 1.82) is 0 Å². The number of aryl methyl sites for hydroxylation is 1. The largest absolute Gasteiger partial charge is 0.496 e. The van der Waals surface area contributed by atoms with Crippen molar-refractivity contribution in [2.45, 2.75) is 58.1 Å². The summed E-state index contributed by atoms with van der Waals surface area (Å²) in [6.07, 6.45) is 4.37. The first-order chi connectivity index (χ1) is 10.1. The van der Waals surface area contributed by atoms with Gasteiger partial charge in [-0.1, -0.05) is 24.6 Å². The third kappa shape index (κ3) is 3.98. The molecule has 1 N–H and O–H groups in total. The van der Waals surface area contributed by atoms with Gasteiger partial charge in [-0.15, -0.1) is 0 Å². The van der Waals surface area contributed by atoms with Gasteiger partial charge in [0.1, 0.15) is 5.75 Å². The second-order valence-corrected chi connectivity index (χ2v) is 6.29. The Bertz CT molecular complexity index is 453. The van der Waals surface area contributed by atoms with Crippen LogP contribution in [-0.2, 0) is 11.2 Å². The highest BCUT2D eigenvalue weighted by Gasteiger charge is 2.38. The summed E-state index contributed by atoms with van der Waals surface area (Å²) in [5.41, 5.74) is 2.48. The Morgan fingerprint density at radius 1 is 1.43 bits per heavy atom. The maximum Gasteiger partial charge on any atom is 0.122 e. The molecule has 1 aliphatic rings. The summed E-state index contributed by atoms with van der Waals surface area (Å²) in [6.45, 7) is 8.49. The fraction of sp³-hybridized carbons (Fsp3) is 0.667. The third-order valence-electron chi connectivity index (χ3n) is 4.49. The van der Waals surface area contributed by atoms with Crippen LogP contribution in [0.5, 0.6) is 5.75 Å². The van der Waals surface area contributed by atoms with Gasteiger partial charge in [0.05, 0.1) is 12.7 Å². The molecule has 1 aromatic rings. The van der Waals surface area contributed by atoms with Crippen LogP contribution in [0.4, 0.5) is 0 Å². The van der Waals surface area contributed by atoms with Gasteiger partial charge in [-0.25, -0.2) is 0 Å². The first-order valence-corrected chi connectivity index (χ1v) is 8.10. The molecule has 1 aliphatic heterocycles. The molecule has 0 bridgehead atoms. The van der Waals surface area contributed by atoms with Gasteiger partial charge >= 0.3 is 0 Å². The lowest BCUT2D eigenvalue weighted by Crippen LogP contribution is -2.50. The Balaban J connectivity index is 2.20. The van der Waals surface area contributed by atoms with Gasteiger partial charge in [0.15, 0.2) is 0 Å². The summed E-state index contributed by atoms with van der Waals surface area (Å²) >= 11 is 0. The van der Waals surface area contributed by atoms with Crippen LogP contribution in [0.15, 0.2) is 18.2 Å². The summed E-state index contributed by atoms with van der Waals surface area (Å²) in [6, 6.07) is 6.73. The molecule has 0 saturated carbocycles. The number of nitrogens with one attached hydrogen (secondary N) is 1. The molecule has 118 valence electrons. The molecule has 3 nitrogen and oxygen atoms in total. The van der Waals surface area contributed by atoms with Crippen molar-refractivity contribution in [3.05, 3.63) is 29.3 Å². The topological polar surface area (TPSA) is 30.5 Å². The SMILES string of the molecule is CCCNC(Cc1cc(C)ccc1OC)C1(C)CCCO1. The van der Waals surface area contributed by atoms with E-state index < -0.39 is 0 Å². The zero-order valence-corrected chi connectivity index (χ0v) is 13.9. The van der Waals surface area contributed by atoms with Crippen molar-refractivity contribution in [3.63, 3.8) is 0 Å². The van der Waals surface area contributed by atoms with E-state index in [2.05, 4.69) is 44.3 Å². The molecule has 1 saturated heterocycles. The molecule has 0 radical (unpaired) electrons. The fourth-order valence-electron chi connectivity index (χ4n) is 3.18. The highest BCUT2D eigenvalue weighted by molar-refractivity contribution is 5.37. The van der Waals surface area contributed by atoms with E-state index in [0.29, 0.717) is 6.04 Å². The lowest BCUT2D eigenvalue weighted by Gasteiger charge is -2.34. The Hall–Kier alpha value is -1.06. The quantitative estimate of drug-likeness (QED) is 0.834. The van der Waals surface area contributed by atoms with Gasteiger partial charge < -0.3 is 14.8 Å². The molecule has 2 rings (SSSR count). The van der Waals surface area contributed by atoms with Crippen molar-refractivity contribution in [3.8, 4) is 5.75 Å². The molecule has 0 aromatic heterocycles. The third-order valence-corrected chi connectivity index (χ3v) is 4.49. The molecular formula is C18H29NO2. The molecule has 2 unspecified atom stereocenters. The van der Waals surface area contributed by atoms with Gasteiger partial charge in [0.25, 0.3) is 0 Å². The van der Waals surface area contributed by atoms with E-state index in [-0.39, 0.29) is 5.60 Å². The highest BCUT2D eigenvalue weighted by atomic mass is 16.5. The minimum Gasteiger partial charge on any atom is -0.496 e. The average molecular weight is 291 g/mol. The molecule has 0 spiro atoms. The number of hydrogen-bond acceptors (Lipinski definition) is 3. The normalized spacial score (nSPS) is 23.2. The second-order valence-electron chi connectivity index (χ2n) is 6.29. The molecule has 1 heterocycles. The predicted octanol–water partition coefficient (Wildman–Crippen LogP) is 3.48. The fourth-order valence-corrected chi connectivity index (χ4v) is 3.18. The van der Waals surface area contributed by atoms with Gasteiger partial charge in [-0.05, 0) is 57.7 Å². The van der Waals surface area contributed by atoms with Gasteiger partial charge in [-0.2, -0.15) is 0 Å². The van der Waals surface area contributed by atoms with Crippen LogP contribution in [0.25, 0.3) is 0 Å². The second kappa shape index (κ2) is 7.28. The number of hydrogen-bond donors (Lipinski definition) is 1. The van der Waals surface area contributed by atoms with Gasteiger partial charge in [0.2, 0.25) is 0 Å². The lowest BCUT2D eigenvalue weighted by atomic mass is 9.87. The zero-order chi connectivity index (χ0) is 15.3. The summed E-state index contributed by atoms with van der Waals surface area (Å²) in [5, 5.41) is 3.69. The molecule has 0 aliphatic carbocycles. The van der Waals surface area contributed by atoms with E-state index in [0.717, 1.165) is 44.6 Å². The van der Waals surface area contributed by atoms with Crippen molar-refractivity contribution >= 4 is 0 Å². The van der Waals surface area contributed by atoms with Crippen LogP contribution in [0.3, 0.4) is 0 Å². The Kier molecular flexibility index (Phi) is 5.65. The summed E-state index contributed by atoms with van der Waals surface area (Å²) < 4.78 is 11.6. The Labute approximate surface area is 129 Å². The van der Waals surface area contributed by atoms with E-state index in [4.69, 9.17) is 9.47 Å². The molecule has 3 heteroatoms. The lowest BCUT2D eigenvalue weighted by molar-refractivity contribution is -0.0115. The predicted molar refractivity (Wildman–Crippen MR) is 87.1 cm³/mol. The van der Waals surface area contributed by atoms with Crippen LogP contribution in [0.2, 0.25) is 0 Å². The summed E-state index contributed by atoms with van der Waals surface area (Å²) in [5.74, 6) is 0.977. The molecular weight excluding hydrogens is 262 g/mol. The Morgan fingerprint density at radius 2 is 2.24 bits per heavy atom. The number of ether oxygens (including phenoxy) is 2. The monoisotopic (exact) mass is 291 g/mol. The molecule has 1 fully saturated rings. The van der Waals surface area contributed by atoms with Crippen LogP contribution in [0, 0.1) is 6.92 Å². The van der Waals surface area contributed by atoms with Crippen molar-refractivity contribution in [2.24, 2.45) is 0 Å². The first-order valence-electron chi connectivity index (χ1n) is 8.10. The number of rotatable bonds is 7. The first kappa shape index (κ1) is 16.3. The zero-order valence-electron chi connectivity index (χ0n) is 13.9. The van der Waals surface area contributed by atoms with E-state index >= 15 is 0 Å². The van der Waals surface area contributed by atoms with Crippen LogP contribution in [0.1, 0.15) is 44.2 Å². The summed E-state index contributed by atoms with van der Waals surface area (Å²) in [4.78, 5) is 0. The molecule has 1 aromatic carbocycles. The van der Waals surface area contributed by atoms with Gasteiger partial charge in [0, 0.05) is 12.6 Å². The van der Waals surface area contributed by atoms with Crippen LogP contribution >= 0.6 is 0 Å². The maximum atomic E-state index is 6.07. The van der Waals surface area contributed by atoms with E-state index in [9.17, 15) is 0 Å². The van der Waals surface area contributed by atoms with Crippen molar-refractivity contribution in [1.82, 2.24) is 5.32 Å². The Morgan fingerprint density at radius 3 is 2.86 bits per heavy atom. The molecule has 2 atom stereocenters. The summed E-state index contributed by atoms with van der Waals surface area (Å²) in [7, 11) is 1.75. The standard InChI is InChI=1S/C18H29NO2/c1-5-10-19-17(18(3)9-6-11-21-18)13-15-12-14(2)7-8-16(15)20-4/h7-8,12,17,19H,5-6,9-11,13H2,1-4H3. The maximum absolute atomic E-state index is 6.07. The highest BCUT2D eigenvalue weighted by Crippen LogP contribution is 2.32. The number of methoxy groups -OCH3 is 1. The molecule has 0 amide bonds. The van der Waals surface area contributed by atoms with Gasteiger partial charge in [-0.3, -0.25) is 0 Å². The van der Waals surface area contributed by atoms with Crippen LogP contribution in [-0.4, -0.2) is 31.9 Å². The van der Waals surface area contributed by atoms with E-state index in [1.165, 1.54) is 11.1 Å². The number of benzene rings is 1. The van der Waals surface area contributed by atoms with E-state index in [1.807, 2.05) is 0 Å².